The van der Waals surface area contributed by atoms with Crippen molar-refractivity contribution in [2.75, 3.05) is 33.5 Å². The number of nitrogens with zero attached hydrogens (tertiary/aromatic N) is 1. The molecule has 12 heteroatoms. The lowest BCUT2D eigenvalue weighted by molar-refractivity contribution is -0.932. The Labute approximate surface area is 119 Å². The first-order valence-electron chi connectivity index (χ1n) is 6.16. The van der Waals surface area contributed by atoms with Crippen LogP contribution in [0.15, 0.2) is 0 Å². The second-order valence-corrected chi connectivity index (χ2v) is 6.82. The summed E-state index contributed by atoms with van der Waals surface area (Å²) in [6, 6.07) is 0. The number of hydrogen-bond acceptors (Lipinski definition) is 3. The Morgan fingerprint density at radius 2 is 1.57 bits per heavy atom. The van der Waals surface area contributed by atoms with E-state index in [0.717, 1.165) is 6.73 Å². The van der Waals surface area contributed by atoms with E-state index in [4.69, 9.17) is 4.74 Å². The van der Waals surface area contributed by atoms with Gasteiger partial charge in [0.25, 0.3) is 0 Å². The highest BCUT2D eigenvalue weighted by molar-refractivity contribution is 8.20. The van der Waals surface area contributed by atoms with Gasteiger partial charge in [0.05, 0.1) is 19.6 Å². The molecule has 128 valence electrons. The van der Waals surface area contributed by atoms with Gasteiger partial charge in [-0.05, 0) is 6.92 Å². The lowest BCUT2D eigenvalue weighted by Gasteiger charge is -2.31. The van der Waals surface area contributed by atoms with Crippen LogP contribution in [0.1, 0.15) is 19.8 Å². The summed E-state index contributed by atoms with van der Waals surface area (Å²) in [5, 5.41) is 0. The number of quaternary nitrogens is 1. The lowest BCUT2D eigenvalue weighted by atomic mass is 10.4. The molecule has 0 bridgehead atoms. The van der Waals surface area contributed by atoms with Crippen LogP contribution in [0.4, 0.5) is 26.1 Å². The molecule has 0 unspecified atom stereocenters. The SMILES string of the molecule is CC[N+]1(COC)CCCC1.O=S(=O)([B-](F)(F)F)C(F)(F)F. The van der Waals surface area contributed by atoms with Crippen molar-refractivity contribution in [1.82, 2.24) is 0 Å². The molecule has 1 saturated heterocycles. The number of methoxy groups -OCH3 is 1. The van der Waals surface area contributed by atoms with Gasteiger partial charge in [-0.2, -0.15) is 13.2 Å². The van der Waals surface area contributed by atoms with E-state index in [1.807, 2.05) is 0 Å². The summed E-state index contributed by atoms with van der Waals surface area (Å²) in [5.41, 5.74) is -6.24. The normalized spacial score (nSPS) is 19.0. The minimum absolute atomic E-state index is 0.913. The van der Waals surface area contributed by atoms with E-state index in [0.29, 0.717) is 0 Å². The van der Waals surface area contributed by atoms with E-state index in [2.05, 4.69) is 6.92 Å². The van der Waals surface area contributed by atoms with Crippen molar-refractivity contribution in [3.05, 3.63) is 0 Å². The molecule has 1 aliphatic rings. The number of likely N-dealkylation sites (tertiary alicyclic amines) is 1. The third kappa shape index (κ3) is 5.33. The van der Waals surface area contributed by atoms with E-state index in [1.165, 1.54) is 37.0 Å². The Morgan fingerprint density at radius 3 is 1.76 bits per heavy atom. The van der Waals surface area contributed by atoms with E-state index in [-0.39, 0.29) is 0 Å². The first-order chi connectivity index (χ1) is 9.33. The van der Waals surface area contributed by atoms with Crippen molar-refractivity contribution in [1.29, 1.82) is 0 Å². The monoisotopic (exact) mass is 345 g/mol. The van der Waals surface area contributed by atoms with Gasteiger partial charge in [-0.15, -0.1) is 0 Å². The van der Waals surface area contributed by atoms with Gasteiger partial charge in [0, 0.05) is 20.0 Å². The molecule has 0 aliphatic carbocycles. The molecule has 0 amide bonds. The molecule has 21 heavy (non-hydrogen) atoms. The van der Waals surface area contributed by atoms with E-state index in [9.17, 15) is 34.5 Å². The number of hydrogen-bond donors (Lipinski definition) is 0. The summed E-state index contributed by atoms with van der Waals surface area (Å²) in [4.78, 5) is 0. The van der Waals surface area contributed by atoms with Crippen LogP contribution >= 0.6 is 0 Å². The van der Waals surface area contributed by atoms with Gasteiger partial charge in [0.15, 0.2) is 6.73 Å². The highest BCUT2D eigenvalue weighted by Crippen LogP contribution is 2.33. The number of halogens is 6. The summed E-state index contributed by atoms with van der Waals surface area (Å²) in [5.74, 6) is 0. The van der Waals surface area contributed by atoms with Crippen molar-refractivity contribution in [2.24, 2.45) is 0 Å². The molecule has 0 atom stereocenters. The molecule has 0 aromatic heterocycles. The van der Waals surface area contributed by atoms with Gasteiger partial charge in [-0.1, -0.05) is 0 Å². The summed E-state index contributed by atoms with van der Waals surface area (Å²) in [7, 11) is -5.15. The second-order valence-electron chi connectivity index (χ2n) is 4.74. The summed E-state index contributed by atoms with van der Waals surface area (Å²) >= 11 is 0. The summed E-state index contributed by atoms with van der Waals surface area (Å²) < 4.78 is 91.6. The first kappa shape index (κ1) is 20.5. The smallest absolute Gasteiger partial charge is 0.436 e. The quantitative estimate of drug-likeness (QED) is 0.447. The van der Waals surface area contributed by atoms with Crippen LogP contribution in [0.5, 0.6) is 0 Å². The highest BCUT2D eigenvalue weighted by Gasteiger charge is 2.58. The fraction of sp³-hybridized carbons (Fsp3) is 1.00. The molecule has 0 aromatic rings. The maximum absolute atomic E-state index is 11.1. The largest absolute Gasteiger partial charge is 0.616 e. The Hall–Kier alpha value is -0.485. The molecule has 1 aliphatic heterocycles. The van der Waals surface area contributed by atoms with Gasteiger partial charge < -0.3 is 22.2 Å². The van der Waals surface area contributed by atoms with Gasteiger partial charge in [-0.3, -0.25) is 8.42 Å². The maximum atomic E-state index is 11.1. The van der Waals surface area contributed by atoms with E-state index < -0.39 is 21.5 Å². The van der Waals surface area contributed by atoms with Gasteiger partial charge in [0.2, 0.25) is 9.69 Å². The van der Waals surface area contributed by atoms with Crippen molar-refractivity contribution >= 4 is 15.9 Å². The fourth-order valence-electron chi connectivity index (χ4n) is 1.97. The van der Waals surface area contributed by atoms with Crippen molar-refractivity contribution in [3.8, 4) is 0 Å². The van der Waals surface area contributed by atoms with Gasteiger partial charge >= 0.3 is 11.8 Å². The van der Waals surface area contributed by atoms with Crippen LogP contribution in [-0.2, 0) is 14.4 Å². The zero-order chi connectivity index (χ0) is 16.9. The topological polar surface area (TPSA) is 43.4 Å². The van der Waals surface area contributed by atoms with Crippen molar-refractivity contribution < 1.29 is 43.8 Å². The molecule has 0 aromatic carbocycles. The van der Waals surface area contributed by atoms with E-state index in [1.54, 1.807) is 7.11 Å². The molecule has 1 rings (SSSR count). The van der Waals surface area contributed by atoms with Crippen LogP contribution in [0, 0.1) is 0 Å². The van der Waals surface area contributed by atoms with Crippen LogP contribution in [0.3, 0.4) is 0 Å². The second kappa shape index (κ2) is 7.18. The highest BCUT2D eigenvalue weighted by atomic mass is 32.2. The molecule has 0 saturated carbocycles. The van der Waals surface area contributed by atoms with Crippen LogP contribution in [0.25, 0.3) is 0 Å². The van der Waals surface area contributed by atoms with Crippen LogP contribution < -0.4 is 0 Å². The molecule has 4 nitrogen and oxygen atoms in total. The maximum Gasteiger partial charge on any atom is 0.616 e. The molecule has 0 spiro atoms. The van der Waals surface area contributed by atoms with Gasteiger partial charge in [0.1, 0.15) is 0 Å². The fourth-order valence-corrected chi connectivity index (χ4v) is 2.27. The standard InChI is InChI=1S/C8H18NO.CBF6O2S/c1-3-9(8-10-2)6-4-5-7-9;3-1(4,5)11(9,10)2(6,7)8/h3-8H2,1-2H3;/q+1;-1. The number of rotatable bonds is 4. The van der Waals surface area contributed by atoms with Crippen LogP contribution in [0.2, 0.25) is 0 Å². The lowest BCUT2D eigenvalue weighted by Crippen LogP contribution is -2.46. The average Bonchev–Trinajstić information content (AvgIpc) is 2.77. The molecule has 0 radical (unpaired) electrons. The third-order valence-electron chi connectivity index (χ3n) is 3.26. The Morgan fingerprint density at radius 1 is 1.14 bits per heavy atom. The minimum Gasteiger partial charge on any atom is -0.436 e. The minimum atomic E-state index is -6.95. The van der Waals surface area contributed by atoms with Gasteiger partial charge in [-0.25, -0.2) is 0 Å². The molecule has 0 N–H and O–H groups in total. The number of ether oxygens (including phenoxy) is 1. The zero-order valence-electron chi connectivity index (χ0n) is 11.7. The first-order valence-corrected chi connectivity index (χ1v) is 7.71. The average molecular weight is 345 g/mol. The molecular formula is C9H18BF6NO3S. The zero-order valence-corrected chi connectivity index (χ0v) is 12.5. The Kier molecular flexibility index (Phi) is 7.02. The Bertz CT molecular complexity index is 396. The van der Waals surface area contributed by atoms with E-state index >= 15 is 0 Å². The molecule has 1 heterocycles. The molecule has 1 fully saturated rings. The summed E-state index contributed by atoms with van der Waals surface area (Å²) in [6.45, 7) is 7.04. The third-order valence-corrected chi connectivity index (χ3v) is 4.61. The molecular weight excluding hydrogens is 327 g/mol. The Balaban J connectivity index is 0.000000382. The van der Waals surface area contributed by atoms with Crippen LogP contribution in [-0.4, -0.2) is 58.1 Å². The van der Waals surface area contributed by atoms with Crippen molar-refractivity contribution in [3.63, 3.8) is 0 Å². The predicted molar refractivity (Wildman–Crippen MR) is 65.7 cm³/mol. The van der Waals surface area contributed by atoms with Crippen molar-refractivity contribution in [2.45, 2.75) is 25.3 Å². The number of alkyl halides is 3. The predicted octanol–water partition coefficient (Wildman–Crippen LogP) is 2.49. The summed E-state index contributed by atoms with van der Waals surface area (Å²) in [6.07, 6.45) is -4.13.